The van der Waals surface area contributed by atoms with Crippen LogP contribution in [0.4, 0.5) is 0 Å². The van der Waals surface area contributed by atoms with Crippen molar-refractivity contribution < 1.29 is 24.5 Å². The van der Waals surface area contributed by atoms with Crippen LogP contribution in [0, 0.1) is 12.1 Å². The van der Waals surface area contributed by atoms with E-state index < -0.39 is 8.07 Å². The number of benzene rings is 6. The van der Waals surface area contributed by atoms with E-state index in [1.807, 2.05) is 42.6 Å². The first-order valence-corrected chi connectivity index (χ1v) is 23.1. The van der Waals surface area contributed by atoms with Crippen molar-refractivity contribution in [2.24, 2.45) is 0 Å². The van der Waals surface area contributed by atoms with E-state index in [-0.39, 0.29) is 20.1 Å². The minimum atomic E-state index is -1.23. The maximum Gasteiger partial charge on any atom is 0.121 e. The summed E-state index contributed by atoms with van der Waals surface area (Å²) in [6, 6.07) is 55.1. The van der Waals surface area contributed by atoms with Crippen LogP contribution in [-0.4, -0.2) is 22.6 Å². The van der Waals surface area contributed by atoms with Crippen LogP contribution in [0.15, 0.2) is 150 Å². The number of hydrogen-bond acceptors (Lipinski definition) is 3. The van der Waals surface area contributed by atoms with E-state index in [9.17, 15) is 0 Å². The minimum absolute atomic E-state index is 0. The summed E-state index contributed by atoms with van der Waals surface area (Å²) in [4.78, 5) is 9.74. The normalized spacial score (nSPS) is 11.6. The number of pyridine rings is 1. The van der Waals surface area contributed by atoms with Crippen molar-refractivity contribution >= 4 is 46.2 Å². The first kappa shape index (κ1) is 39.8. The molecule has 0 aliphatic heterocycles. The molecule has 0 saturated carbocycles. The largest absolute Gasteiger partial charge is 0.501 e. The van der Waals surface area contributed by atoms with Crippen LogP contribution < -0.4 is 5.19 Å². The van der Waals surface area contributed by atoms with E-state index >= 15 is 0 Å². The summed E-state index contributed by atoms with van der Waals surface area (Å²) in [5.74, 6) is 1.55. The van der Waals surface area contributed by atoms with Crippen LogP contribution >= 0.6 is 0 Å². The Morgan fingerprint density at radius 3 is 2.04 bits per heavy atom. The van der Waals surface area contributed by atoms with E-state index in [0.717, 1.165) is 61.2 Å². The van der Waals surface area contributed by atoms with Gasteiger partial charge in [-0.3, -0.25) is 4.98 Å². The number of para-hydroxylation sites is 3. The Labute approximate surface area is 351 Å². The Morgan fingerprint density at radius 1 is 0.649 bits per heavy atom. The molecular formula is C51H47IrN3OSi-2. The summed E-state index contributed by atoms with van der Waals surface area (Å²) in [5, 5.41) is 3.56. The summed E-state index contributed by atoms with van der Waals surface area (Å²) in [5.41, 5.74) is 12.8. The fraction of sp³-hybridized carbons (Fsp3) is 0.176. The molecule has 0 aliphatic carbocycles. The number of furan rings is 1. The average Bonchev–Trinajstić information content (AvgIpc) is 3.79. The number of imidazole rings is 1. The molecular weight excluding hydrogens is 891 g/mol. The number of hydrogen-bond donors (Lipinski definition) is 0. The third-order valence-corrected chi connectivity index (χ3v) is 12.5. The predicted molar refractivity (Wildman–Crippen MR) is 238 cm³/mol. The van der Waals surface area contributed by atoms with Gasteiger partial charge in [0, 0.05) is 37.4 Å². The van der Waals surface area contributed by atoms with Gasteiger partial charge in [0.1, 0.15) is 5.58 Å². The second-order valence-electron chi connectivity index (χ2n) is 16.1. The number of aromatic nitrogens is 3. The minimum Gasteiger partial charge on any atom is -0.501 e. The molecule has 0 N–H and O–H groups in total. The van der Waals surface area contributed by atoms with Gasteiger partial charge in [-0.2, -0.15) is 0 Å². The van der Waals surface area contributed by atoms with Gasteiger partial charge < -0.3 is 14.0 Å². The number of fused-ring (bicyclic) bond motifs is 4. The maximum absolute atomic E-state index is 6.66. The molecule has 0 saturated heterocycles. The molecule has 0 bridgehead atoms. The number of nitrogens with zero attached hydrogens (tertiary/aromatic N) is 3. The fourth-order valence-corrected chi connectivity index (χ4v) is 8.49. The van der Waals surface area contributed by atoms with Crippen molar-refractivity contribution in [2.75, 3.05) is 0 Å². The van der Waals surface area contributed by atoms with Gasteiger partial charge in [0.2, 0.25) is 0 Å². The Kier molecular flexibility index (Phi) is 11.6. The van der Waals surface area contributed by atoms with Crippen LogP contribution in [0.2, 0.25) is 19.6 Å². The molecule has 0 amide bonds. The smallest absolute Gasteiger partial charge is 0.121 e. The van der Waals surface area contributed by atoms with Crippen LogP contribution in [0.25, 0.3) is 72.4 Å². The molecule has 0 spiro atoms. The van der Waals surface area contributed by atoms with Crippen LogP contribution in [0.1, 0.15) is 50.7 Å². The third-order valence-electron chi connectivity index (χ3n) is 10.5. The van der Waals surface area contributed by atoms with Crippen molar-refractivity contribution in [3.63, 3.8) is 0 Å². The molecule has 9 aromatic rings. The third kappa shape index (κ3) is 7.95. The summed E-state index contributed by atoms with van der Waals surface area (Å²) < 4.78 is 9.00. The fourth-order valence-electron chi connectivity index (χ4n) is 7.46. The second-order valence-corrected chi connectivity index (χ2v) is 21.2. The SMILES string of the molecule is CC(C)c1cccc(C(C)C)c1-n1c(-c2[c-]ccc3c2oc2cc(-c4ccccc4)ccc23)nc2ccccc21.C[Si](C)(C)c1ccc(-c2[c-]cccc2)nc1.[Ir]. The molecule has 1 radical (unpaired) electrons. The Morgan fingerprint density at radius 2 is 1.37 bits per heavy atom. The van der Waals surface area contributed by atoms with E-state index in [1.54, 1.807) is 0 Å². The maximum atomic E-state index is 6.66. The Bertz CT molecular complexity index is 2750. The zero-order chi connectivity index (χ0) is 39.0. The van der Waals surface area contributed by atoms with Crippen LogP contribution in [0.3, 0.4) is 0 Å². The van der Waals surface area contributed by atoms with E-state index in [1.165, 1.54) is 27.6 Å². The standard InChI is InChI=1S/C37H31N2O.C14H16NSi.Ir/c1-23(2)27-14-10-15-28(24(3)4)35(27)39-33-19-9-8-18-32(33)38-37(39)31-17-11-16-30-29-21-20-26(22-34(29)40-36(30)31)25-12-6-5-7-13-25;1-16(2,3)13-9-10-14(15-11-13)12-7-5-4-6-8-12;/h5-16,18-24H,1-4H3;4-7,9-11H,1-3H3;/q2*-1;. The first-order chi connectivity index (χ1) is 27.1. The molecule has 0 aliphatic rings. The average molecular weight is 938 g/mol. The summed E-state index contributed by atoms with van der Waals surface area (Å²) >= 11 is 0. The molecule has 57 heavy (non-hydrogen) atoms. The Hall–Kier alpha value is -5.39. The van der Waals surface area contributed by atoms with Gasteiger partial charge >= 0.3 is 0 Å². The van der Waals surface area contributed by atoms with Gasteiger partial charge in [0.05, 0.1) is 30.5 Å². The molecule has 9 rings (SSSR count). The zero-order valence-electron chi connectivity index (χ0n) is 33.6. The molecule has 6 heteroatoms. The molecule has 0 atom stereocenters. The quantitative estimate of drug-likeness (QED) is 0.118. The van der Waals surface area contributed by atoms with Crippen LogP contribution in [0.5, 0.6) is 0 Å². The van der Waals surface area contributed by atoms with Gasteiger partial charge in [-0.25, -0.2) is 0 Å². The zero-order valence-corrected chi connectivity index (χ0v) is 37.0. The Balaban J connectivity index is 0.000000246. The molecule has 3 aromatic heterocycles. The first-order valence-electron chi connectivity index (χ1n) is 19.6. The second kappa shape index (κ2) is 16.6. The van der Waals surface area contributed by atoms with E-state index in [2.05, 4.69) is 172 Å². The molecule has 0 fully saturated rings. The summed E-state index contributed by atoms with van der Waals surface area (Å²) in [6.07, 6.45) is 2.02. The van der Waals surface area contributed by atoms with Crippen LogP contribution in [-0.2, 0) is 20.1 Å². The van der Waals surface area contributed by atoms with Gasteiger partial charge in [-0.1, -0.05) is 143 Å². The van der Waals surface area contributed by atoms with Crippen molar-refractivity contribution in [2.45, 2.75) is 59.2 Å². The van der Waals surface area contributed by atoms with E-state index in [4.69, 9.17) is 9.40 Å². The topological polar surface area (TPSA) is 43.9 Å². The van der Waals surface area contributed by atoms with Crippen molar-refractivity contribution in [1.82, 2.24) is 14.5 Å². The molecule has 4 nitrogen and oxygen atoms in total. The van der Waals surface area contributed by atoms with E-state index in [0.29, 0.717) is 11.8 Å². The van der Waals surface area contributed by atoms with Crippen molar-refractivity contribution in [3.05, 3.63) is 169 Å². The molecule has 6 aromatic carbocycles. The molecule has 0 unspecified atom stereocenters. The van der Waals surface area contributed by atoms with Crippen molar-refractivity contribution in [1.29, 1.82) is 0 Å². The predicted octanol–water partition coefficient (Wildman–Crippen LogP) is 13.4. The monoisotopic (exact) mass is 938 g/mol. The van der Waals surface area contributed by atoms with Gasteiger partial charge in [-0.15, -0.1) is 54.1 Å². The van der Waals surface area contributed by atoms with Crippen molar-refractivity contribution in [3.8, 4) is 39.5 Å². The summed E-state index contributed by atoms with van der Waals surface area (Å²) in [7, 11) is -1.23. The van der Waals surface area contributed by atoms with Gasteiger partial charge in [-0.05, 0) is 63.2 Å². The molecule has 287 valence electrons. The van der Waals surface area contributed by atoms with Gasteiger partial charge in [0.25, 0.3) is 0 Å². The van der Waals surface area contributed by atoms with Gasteiger partial charge in [0.15, 0.2) is 0 Å². The molecule has 3 heterocycles. The number of rotatable bonds is 7. The summed E-state index contributed by atoms with van der Waals surface area (Å²) in [6.45, 7) is 16.0.